The zero-order chi connectivity index (χ0) is 16.6. The van der Waals surface area contributed by atoms with Crippen molar-refractivity contribution < 1.29 is 9.90 Å². The predicted octanol–water partition coefficient (Wildman–Crippen LogP) is 2.03. The summed E-state index contributed by atoms with van der Waals surface area (Å²) < 4.78 is 1.65. The fraction of sp³-hybridized carbons (Fsp3) is 0.500. The SMILES string of the molecule is O=C(c1cccc(-n2ccnn2)c1)N1CCC2(O)CCCCC2C1. The lowest BCUT2D eigenvalue weighted by Gasteiger charge is -2.47. The van der Waals surface area contributed by atoms with Crippen molar-refractivity contribution >= 4 is 5.91 Å². The van der Waals surface area contributed by atoms with E-state index in [1.165, 1.54) is 0 Å². The first-order chi connectivity index (χ1) is 11.7. The molecule has 0 spiro atoms. The molecule has 2 heterocycles. The number of hydrogen-bond acceptors (Lipinski definition) is 4. The van der Waals surface area contributed by atoms with E-state index in [0.717, 1.165) is 31.4 Å². The molecule has 1 saturated carbocycles. The molecule has 1 aromatic carbocycles. The quantitative estimate of drug-likeness (QED) is 0.917. The first kappa shape index (κ1) is 15.3. The molecule has 6 heteroatoms. The Morgan fingerprint density at radius 3 is 3.04 bits per heavy atom. The van der Waals surface area contributed by atoms with Gasteiger partial charge in [0.1, 0.15) is 0 Å². The van der Waals surface area contributed by atoms with E-state index in [1.807, 2.05) is 29.2 Å². The van der Waals surface area contributed by atoms with Crippen LogP contribution in [0.2, 0.25) is 0 Å². The van der Waals surface area contributed by atoms with E-state index in [2.05, 4.69) is 10.3 Å². The van der Waals surface area contributed by atoms with Gasteiger partial charge in [-0.2, -0.15) is 0 Å². The van der Waals surface area contributed by atoms with E-state index < -0.39 is 5.60 Å². The highest BCUT2D eigenvalue weighted by atomic mass is 16.3. The highest BCUT2D eigenvalue weighted by Gasteiger charge is 2.43. The van der Waals surface area contributed by atoms with Gasteiger partial charge in [-0.15, -0.1) is 5.10 Å². The fourth-order valence-corrected chi connectivity index (χ4v) is 4.07. The second-order valence-electron chi connectivity index (χ2n) is 6.95. The number of piperidine rings is 1. The summed E-state index contributed by atoms with van der Waals surface area (Å²) in [6, 6.07) is 7.45. The molecule has 2 unspecified atom stereocenters. The van der Waals surface area contributed by atoms with Gasteiger partial charge in [0.05, 0.1) is 23.7 Å². The van der Waals surface area contributed by atoms with Crippen LogP contribution in [0.25, 0.3) is 5.69 Å². The molecule has 2 fully saturated rings. The predicted molar refractivity (Wildman–Crippen MR) is 88.8 cm³/mol. The van der Waals surface area contributed by atoms with Crippen LogP contribution in [0.1, 0.15) is 42.5 Å². The van der Waals surface area contributed by atoms with Gasteiger partial charge in [0.25, 0.3) is 5.91 Å². The molecule has 2 aliphatic rings. The lowest BCUT2D eigenvalue weighted by molar-refractivity contribution is -0.0886. The van der Waals surface area contributed by atoms with Crippen molar-refractivity contribution in [2.45, 2.75) is 37.7 Å². The Morgan fingerprint density at radius 1 is 1.29 bits per heavy atom. The van der Waals surface area contributed by atoms with Gasteiger partial charge in [-0.1, -0.05) is 24.1 Å². The molecule has 4 rings (SSSR count). The number of aromatic nitrogens is 3. The van der Waals surface area contributed by atoms with Gasteiger partial charge in [0.15, 0.2) is 0 Å². The van der Waals surface area contributed by atoms with Crippen LogP contribution in [0, 0.1) is 5.92 Å². The van der Waals surface area contributed by atoms with Crippen molar-refractivity contribution in [3.05, 3.63) is 42.2 Å². The van der Waals surface area contributed by atoms with Gasteiger partial charge in [-0.25, -0.2) is 4.68 Å². The van der Waals surface area contributed by atoms with Crippen molar-refractivity contribution in [3.8, 4) is 5.69 Å². The molecule has 24 heavy (non-hydrogen) atoms. The Hall–Kier alpha value is -2.21. The zero-order valence-electron chi connectivity index (χ0n) is 13.6. The average Bonchev–Trinajstić information content (AvgIpc) is 3.15. The van der Waals surface area contributed by atoms with Crippen LogP contribution in [0.15, 0.2) is 36.7 Å². The molecular weight excluding hydrogens is 304 g/mol. The van der Waals surface area contributed by atoms with Crippen LogP contribution in [0.4, 0.5) is 0 Å². The third-order valence-electron chi connectivity index (χ3n) is 5.50. The topological polar surface area (TPSA) is 71.2 Å². The third kappa shape index (κ3) is 2.71. The minimum atomic E-state index is -0.558. The summed E-state index contributed by atoms with van der Waals surface area (Å²) in [7, 11) is 0. The maximum atomic E-state index is 12.9. The third-order valence-corrected chi connectivity index (χ3v) is 5.50. The molecule has 126 valence electrons. The smallest absolute Gasteiger partial charge is 0.253 e. The summed E-state index contributed by atoms with van der Waals surface area (Å²) in [6.45, 7) is 1.28. The van der Waals surface area contributed by atoms with Crippen LogP contribution in [-0.2, 0) is 0 Å². The van der Waals surface area contributed by atoms with E-state index in [1.54, 1.807) is 17.1 Å². The highest BCUT2D eigenvalue weighted by molar-refractivity contribution is 5.94. The van der Waals surface area contributed by atoms with Gasteiger partial charge in [-0.3, -0.25) is 4.79 Å². The average molecular weight is 326 g/mol. The summed E-state index contributed by atoms with van der Waals surface area (Å²) in [6.07, 6.45) is 8.19. The lowest BCUT2D eigenvalue weighted by Crippen LogP contribution is -2.54. The van der Waals surface area contributed by atoms with Gasteiger partial charge in [0, 0.05) is 24.6 Å². The summed E-state index contributed by atoms with van der Waals surface area (Å²) in [5.41, 5.74) is 0.922. The molecule has 0 radical (unpaired) electrons. The minimum absolute atomic E-state index is 0.0320. The standard InChI is InChI=1S/C18H22N4O2/c23-17(14-4-3-6-16(12-14)22-11-9-19-20-22)21-10-8-18(24)7-2-1-5-15(18)13-21/h3-4,6,9,11-12,15,24H,1-2,5,7-8,10,13H2. The summed E-state index contributed by atoms with van der Waals surface area (Å²) in [4.78, 5) is 14.8. The molecule has 1 aliphatic heterocycles. The maximum absolute atomic E-state index is 12.9. The number of amides is 1. The molecule has 2 atom stereocenters. The van der Waals surface area contributed by atoms with E-state index >= 15 is 0 Å². The minimum Gasteiger partial charge on any atom is -0.389 e. The van der Waals surface area contributed by atoms with Gasteiger partial charge >= 0.3 is 0 Å². The van der Waals surface area contributed by atoms with Crippen molar-refractivity contribution in [1.29, 1.82) is 0 Å². The number of rotatable bonds is 2. The molecule has 1 saturated heterocycles. The Labute approximate surface area is 141 Å². The van der Waals surface area contributed by atoms with Crippen LogP contribution in [0.5, 0.6) is 0 Å². The summed E-state index contributed by atoms with van der Waals surface area (Å²) in [5.74, 6) is 0.243. The van der Waals surface area contributed by atoms with Crippen LogP contribution < -0.4 is 0 Å². The first-order valence-corrected chi connectivity index (χ1v) is 8.64. The van der Waals surface area contributed by atoms with E-state index in [9.17, 15) is 9.90 Å². The maximum Gasteiger partial charge on any atom is 0.253 e. The molecule has 1 aromatic heterocycles. The monoisotopic (exact) mass is 326 g/mol. The Morgan fingerprint density at radius 2 is 2.21 bits per heavy atom. The summed E-state index contributed by atoms with van der Waals surface area (Å²) in [5, 5.41) is 18.6. The zero-order valence-corrected chi connectivity index (χ0v) is 13.6. The Kier molecular flexibility index (Phi) is 3.84. The number of hydrogen-bond donors (Lipinski definition) is 1. The molecule has 1 aliphatic carbocycles. The molecule has 6 nitrogen and oxygen atoms in total. The van der Waals surface area contributed by atoms with E-state index in [-0.39, 0.29) is 11.8 Å². The number of carbonyl (C=O) groups excluding carboxylic acids is 1. The number of likely N-dealkylation sites (tertiary alicyclic amines) is 1. The van der Waals surface area contributed by atoms with Crippen molar-refractivity contribution in [2.24, 2.45) is 5.92 Å². The van der Waals surface area contributed by atoms with Gasteiger partial charge in [-0.05, 0) is 37.5 Å². The molecule has 2 aromatic rings. The van der Waals surface area contributed by atoms with Crippen molar-refractivity contribution in [3.63, 3.8) is 0 Å². The Balaban J connectivity index is 1.53. The molecule has 1 N–H and O–H groups in total. The lowest BCUT2D eigenvalue weighted by atomic mass is 9.71. The molecule has 1 amide bonds. The summed E-state index contributed by atoms with van der Waals surface area (Å²) >= 11 is 0. The highest BCUT2D eigenvalue weighted by Crippen LogP contribution is 2.40. The van der Waals surface area contributed by atoms with Crippen LogP contribution in [-0.4, -0.2) is 49.6 Å². The number of nitrogens with zero attached hydrogens (tertiary/aromatic N) is 4. The first-order valence-electron chi connectivity index (χ1n) is 8.64. The number of aliphatic hydroxyl groups is 1. The second-order valence-corrected chi connectivity index (χ2v) is 6.95. The Bertz CT molecular complexity index is 730. The normalized spacial score (nSPS) is 26.9. The molecular formula is C18H22N4O2. The van der Waals surface area contributed by atoms with Gasteiger partial charge < -0.3 is 10.0 Å². The van der Waals surface area contributed by atoms with Gasteiger partial charge in [0.2, 0.25) is 0 Å². The van der Waals surface area contributed by atoms with E-state index in [0.29, 0.717) is 25.1 Å². The second kappa shape index (κ2) is 6.02. The fourth-order valence-electron chi connectivity index (χ4n) is 4.07. The number of fused-ring (bicyclic) bond motifs is 1. The molecule has 0 bridgehead atoms. The largest absolute Gasteiger partial charge is 0.389 e. The number of carbonyl (C=O) groups is 1. The van der Waals surface area contributed by atoms with Crippen molar-refractivity contribution in [1.82, 2.24) is 19.9 Å². The van der Waals surface area contributed by atoms with E-state index in [4.69, 9.17) is 0 Å². The van der Waals surface area contributed by atoms with Crippen LogP contribution >= 0.6 is 0 Å². The number of benzene rings is 1. The van der Waals surface area contributed by atoms with Crippen LogP contribution in [0.3, 0.4) is 0 Å². The van der Waals surface area contributed by atoms with Crippen molar-refractivity contribution in [2.75, 3.05) is 13.1 Å².